The lowest BCUT2D eigenvalue weighted by molar-refractivity contribution is -0.162. The van der Waals surface area contributed by atoms with Crippen molar-refractivity contribution in [3.63, 3.8) is 0 Å². The van der Waals surface area contributed by atoms with E-state index in [2.05, 4.69) is 12.2 Å². The molecule has 2 heterocycles. The molecule has 0 aromatic heterocycles. The first-order chi connectivity index (χ1) is 16.5. The van der Waals surface area contributed by atoms with E-state index in [1.165, 1.54) is 0 Å². The maximum atomic E-state index is 13.1. The van der Waals surface area contributed by atoms with Gasteiger partial charge in [0.2, 0.25) is 0 Å². The van der Waals surface area contributed by atoms with Gasteiger partial charge in [-0.05, 0) is 71.9 Å². The molecule has 0 aliphatic carbocycles. The normalized spacial score (nSPS) is 37.8. The zero-order valence-corrected chi connectivity index (χ0v) is 22.7. The standard InChI is InChI=1S/C26H47N3O6/c1-8-20-23-21(29(25(32)35-23)12-10-9-11-27)19(5)28-15-16(2)13-26(6,33-7)14-17(3)22(30)18(4)24(31)34-20/h16-21,23,28H,8-15,27H2,1-7H3/t16-,17-,18-,19-,20+,21-,23-,26-/m1/s1. The highest BCUT2D eigenvalue weighted by Crippen LogP contribution is 2.32. The van der Waals surface area contributed by atoms with Crippen molar-refractivity contribution in [2.24, 2.45) is 23.5 Å². The van der Waals surface area contributed by atoms with Gasteiger partial charge in [-0.1, -0.05) is 20.8 Å². The minimum absolute atomic E-state index is 0.101. The number of ketones is 1. The molecule has 2 rings (SSSR count). The topological polar surface area (TPSA) is 120 Å². The Bertz CT molecular complexity index is 734. The predicted octanol–water partition coefficient (Wildman–Crippen LogP) is 2.89. The van der Waals surface area contributed by atoms with E-state index in [1.54, 1.807) is 18.9 Å². The van der Waals surface area contributed by atoms with Crippen molar-refractivity contribution in [1.29, 1.82) is 0 Å². The van der Waals surface area contributed by atoms with Crippen LogP contribution in [0.4, 0.5) is 4.79 Å². The van der Waals surface area contributed by atoms with Gasteiger partial charge in [0.05, 0.1) is 11.6 Å². The van der Waals surface area contributed by atoms with Gasteiger partial charge < -0.3 is 25.3 Å². The number of nitrogens with zero attached hydrogens (tertiary/aromatic N) is 1. The van der Waals surface area contributed by atoms with Crippen LogP contribution in [0.15, 0.2) is 0 Å². The highest BCUT2D eigenvalue weighted by Gasteiger charge is 2.49. The third-order valence-electron chi connectivity index (χ3n) is 7.64. The molecule has 1 amide bonds. The first-order valence-electron chi connectivity index (χ1n) is 13.2. The maximum absolute atomic E-state index is 13.1. The van der Waals surface area contributed by atoms with E-state index in [9.17, 15) is 14.4 Å². The van der Waals surface area contributed by atoms with Crippen LogP contribution in [0.1, 0.15) is 73.6 Å². The number of rotatable bonds is 6. The Kier molecular flexibility index (Phi) is 11.0. The second kappa shape index (κ2) is 13.0. The molecule has 9 nitrogen and oxygen atoms in total. The van der Waals surface area contributed by atoms with Gasteiger partial charge in [-0.3, -0.25) is 14.5 Å². The van der Waals surface area contributed by atoms with Crippen molar-refractivity contribution in [3.05, 3.63) is 0 Å². The number of unbranched alkanes of at least 4 members (excludes halogenated alkanes) is 1. The lowest BCUT2D eigenvalue weighted by Gasteiger charge is -2.35. The number of amides is 1. The van der Waals surface area contributed by atoms with Crippen LogP contribution in [0, 0.1) is 17.8 Å². The number of nitrogens with two attached hydrogens (primary N) is 1. The average molecular weight is 498 g/mol. The zero-order valence-electron chi connectivity index (χ0n) is 22.7. The van der Waals surface area contributed by atoms with E-state index < -0.39 is 35.8 Å². The summed E-state index contributed by atoms with van der Waals surface area (Å²) in [6, 6.07) is -0.412. The fourth-order valence-electron chi connectivity index (χ4n) is 5.56. The number of cyclic esters (lactones) is 1. The van der Waals surface area contributed by atoms with Crippen molar-refractivity contribution in [2.75, 3.05) is 26.7 Å². The summed E-state index contributed by atoms with van der Waals surface area (Å²) in [5.41, 5.74) is 5.16. The fourth-order valence-corrected chi connectivity index (χ4v) is 5.56. The van der Waals surface area contributed by atoms with Gasteiger partial charge in [0.1, 0.15) is 17.8 Å². The van der Waals surface area contributed by atoms with E-state index in [-0.39, 0.29) is 29.7 Å². The smallest absolute Gasteiger partial charge is 0.410 e. The molecule has 0 radical (unpaired) electrons. The number of esters is 1. The highest BCUT2D eigenvalue weighted by molar-refractivity contribution is 5.99. The monoisotopic (exact) mass is 497 g/mol. The van der Waals surface area contributed by atoms with E-state index in [0.29, 0.717) is 32.5 Å². The van der Waals surface area contributed by atoms with Gasteiger partial charge in [0.25, 0.3) is 0 Å². The first-order valence-corrected chi connectivity index (χ1v) is 13.2. The van der Waals surface area contributed by atoms with Crippen molar-refractivity contribution in [3.8, 4) is 0 Å². The molecule has 2 fully saturated rings. The Morgan fingerprint density at radius 2 is 1.80 bits per heavy atom. The number of methoxy groups -OCH3 is 1. The molecule has 2 aliphatic heterocycles. The number of carbonyl (C=O) groups excluding carboxylic acids is 3. The molecule has 0 saturated carbocycles. The Hall–Kier alpha value is -1.71. The van der Waals surface area contributed by atoms with Gasteiger partial charge in [-0.2, -0.15) is 0 Å². The molecule has 9 heteroatoms. The van der Waals surface area contributed by atoms with E-state index >= 15 is 0 Å². The average Bonchev–Trinajstić information content (AvgIpc) is 3.15. The van der Waals surface area contributed by atoms with Crippen molar-refractivity contribution >= 4 is 17.8 Å². The number of fused-ring (bicyclic) bond motifs is 1. The van der Waals surface area contributed by atoms with Crippen LogP contribution in [-0.2, 0) is 23.8 Å². The summed E-state index contributed by atoms with van der Waals surface area (Å²) < 4.78 is 17.5. The summed E-state index contributed by atoms with van der Waals surface area (Å²) in [6.07, 6.45) is 1.65. The molecule has 202 valence electrons. The molecule has 0 bridgehead atoms. The van der Waals surface area contributed by atoms with E-state index in [0.717, 1.165) is 19.3 Å². The molecule has 2 saturated heterocycles. The number of hydrogen-bond acceptors (Lipinski definition) is 8. The summed E-state index contributed by atoms with van der Waals surface area (Å²) in [6.45, 7) is 13.3. The van der Waals surface area contributed by atoms with Crippen molar-refractivity contribution < 1.29 is 28.6 Å². The third kappa shape index (κ3) is 7.40. The Balaban J connectivity index is 2.40. The number of ether oxygens (including phenoxy) is 3. The van der Waals surface area contributed by atoms with Crippen LogP contribution < -0.4 is 11.1 Å². The summed E-state index contributed by atoms with van der Waals surface area (Å²) in [4.78, 5) is 40.8. The maximum Gasteiger partial charge on any atom is 0.410 e. The molecule has 35 heavy (non-hydrogen) atoms. The minimum Gasteiger partial charge on any atom is -0.458 e. The Labute approximate surface area is 210 Å². The van der Waals surface area contributed by atoms with Gasteiger partial charge in [0, 0.05) is 25.6 Å². The number of nitrogens with one attached hydrogen (secondary N) is 1. The number of hydrogen-bond donors (Lipinski definition) is 2. The summed E-state index contributed by atoms with van der Waals surface area (Å²) >= 11 is 0. The van der Waals surface area contributed by atoms with Gasteiger partial charge in [-0.25, -0.2) is 4.79 Å². The zero-order chi connectivity index (χ0) is 26.3. The van der Waals surface area contributed by atoms with Gasteiger partial charge >= 0.3 is 12.1 Å². The fraction of sp³-hybridized carbons (Fsp3) is 0.885. The number of Topliss-reactive ketones (excluding diaryl/α,β-unsaturated/α-hetero) is 1. The van der Waals surface area contributed by atoms with Crippen LogP contribution in [0.25, 0.3) is 0 Å². The van der Waals surface area contributed by atoms with Crippen LogP contribution in [0.5, 0.6) is 0 Å². The van der Waals surface area contributed by atoms with Crippen molar-refractivity contribution in [2.45, 2.75) is 104 Å². The van der Waals surface area contributed by atoms with Gasteiger partial charge in [0.15, 0.2) is 6.10 Å². The second-order valence-corrected chi connectivity index (χ2v) is 10.8. The molecule has 0 unspecified atom stereocenters. The molecule has 0 spiro atoms. The van der Waals surface area contributed by atoms with Crippen LogP contribution >= 0.6 is 0 Å². The van der Waals surface area contributed by atoms with E-state index in [4.69, 9.17) is 19.9 Å². The molecule has 3 N–H and O–H groups in total. The second-order valence-electron chi connectivity index (χ2n) is 10.8. The van der Waals surface area contributed by atoms with Crippen molar-refractivity contribution in [1.82, 2.24) is 10.2 Å². The molecule has 8 atom stereocenters. The minimum atomic E-state index is -0.908. The Morgan fingerprint density at radius 1 is 1.11 bits per heavy atom. The molecule has 2 aliphatic rings. The summed E-state index contributed by atoms with van der Waals surface area (Å²) in [7, 11) is 1.67. The molecule has 0 aromatic rings. The lowest BCUT2D eigenvalue weighted by atomic mass is 9.81. The third-order valence-corrected chi connectivity index (χ3v) is 7.64. The van der Waals surface area contributed by atoms with Gasteiger partial charge in [-0.15, -0.1) is 0 Å². The molecular weight excluding hydrogens is 450 g/mol. The lowest BCUT2D eigenvalue weighted by Crippen LogP contribution is -2.54. The SMILES string of the molecule is CC[C@@H]1OC(=O)[C@H](C)C(=O)[C@H](C)C[C@](C)(OC)C[C@@H](C)CN[C@H](C)[C@@H]2[C@@H]1OC(=O)N2CCCCN. The largest absolute Gasteiger partial charge is 0.458 e. The van der Waals surface area contributed by atoms with Crippen LogP contribution in [-0.4, -0.2) is 79.4 Å². The predicted molar refractivity (Wildman–Crippen MR) is 134 cm³/mol. The molecule has 0 aromatic carbocycles. The number of carbonyl (C=O) groups is 3. The molecular formula is C26H47N3O6. The quantitative estimate of drug-likeness (QED) is 0.327. The summed E-state index contributed by atoms with van der Waals surface area (Å²) in [5, 5.41) is 3.60. The summed E-state index contributed by atoms with van der Waals surface area (Å²) in [5.74, 6) is -1.75. The van der Waals surface area contributed by atoms with Crippen LogP contribution in [0.3, 0.4) is 0 Å². The van der Waals surface area contributed by atoms with E-state index in [1.807, 2.05) is 27.7 Å². The van der Waals surface area contributed by atoms with Crippen LogP contribution in [0.2, 0.25) is 0 Å². The Morgan fingerprint density at radius 3 is 2.40 bits per heavy atom. The highest BCUT2D eigenvalue weighted by atomic mass is 16.6. The first kappa shape index (κ1) is 29.5.